The lowest BCUT2D eigenvalue weighted by atomic mass is 10.2. The molecular weight excluding hydrogens is 168 g/mol. The summed E-state index contributed by atoms with van der Waals surface area (Å²) < 4.78 is 0. The van der Waals surface area contributed by atoms with Gasteiger partial charge in [-0.1, -0.05) is 11.5 Å². The molecule has 0 N–H and O–H groups in total. The molecule has 0 heteroatoms. The second-order valence-corrected chi connectivity index (χ2v) is 4.12. The van der Waals surface area contributed by atoms with Crippen LogP contribution in [0.4, 0.5) is 0 Å². The van der Waals surface area contributed by atoms with Gasteiger partial charge in [0.15, 0.2) is 0 Å². The highest BCUT2D eigenvalue weighted by molar-refractivity contribution is 5.08. The van der Waals surface area contributed by atoms with E-state index in [9.17, 15) is 0 Å². The third-order valence-electron chi connectivity index (χ3n) is 2.96. The molecule has 0 aromatic rings. The Kier molecular flexibility index (Phi) is 3.31. The molecule has 2 saturated carbocycles. The molecule has 0 nitrogen and oxygen atoms in total. The van der Waals surface area contributed by atoms with Crippen LogP contribution in [0.5, 0.6) is 0 Å². The van der Waals surface area contributed by atoms with Crippen molar-refractivity contribution in [1.29, 1.82) is 0 Å². The van der Waals surface area contributed by atoms with Crippen LogP contribution in [0.25, 0.3) is 0 Å². The van der Waals surface area contributed by atoms with Gasteiger partial charge in [0.05, 0.1) is 0 Å². The lowest BCUT2D eigenvalue weighted by Crippen LogP contribution is -1.63. The van der Waals surface area contributed by atoms with E-state index in [4.69, 9.17) is 0 Å². The fraction of sp³-hybridized carbons (Fsp3) is 0.571. The number of hydrogen-bond acceptors (Lipinski definition) is 0. The van der Waals surface area contributed by atoms with Crippen LogP contribution in [0, 0.1) is 0 Å². The summed E-state index contributed by atoms with van der Waals surface area (Å²) in [6, 6.07) is 0. The van der Waals surface area contributed by atoms with E-state index in [2.05, 4.69) is 22.9 Å². The van der Waals surface area contributed by atoms with Gasteiger partial charge in [0, 0.05) is 0 Å². The minimum Gasteiger partial charge on any atom is -0.0617 e. The Morgan fingerprint density at radius 3 is 1.29 bits per heavy atom. The van der Waals surface area contributed by atoms with E-state index >= 15 is 0 Å². The summed E-state index contributed by atoms with van der Waals surface area (Å²) in [5.74, 6) is 0. The van der Waals surface area contributed by atoms with Crippen molar-refractivity contribution in [2.24, 2.45) is 0 Å². The van der Waals surface area contributed by atoms with Crippen molar-refractivity contribution >= 4 is 0 Å². The van der Waals surface area contributed by atoms with E-state index in [0.29, 0.717) is 0 Å². The molecule has 2 fully saturated rings. The molecule has 0 unspecified atom stereocenters. The molecule has 0 aliphatic heterocycles. The van der Waals surface area contributed by atoms with E-state index in [0.717, 1.165) is 0 Å². The molecule has 0 bridgehead atoms. The van der Waals surface area contributed by atoms with E-state index < -0.39 is 0 Å². The van der Waals surface area contributed by atoms with Crippen molar-refractivity contribution in [3.63, 3.8) is 0 Å². The van der Waals surface area contributed by atoms with Gasteiger partial charge in [-0.25, -0.2) is 0 Å². The normalized spacial score (nSPS) is 20.0. The summed E-state index contributed by atoms with van der Waals surface area (Å²) in [7, 11) is 0. The van der Waals surface area contributed by atoms with Gasteiger partial charge in [0.1, 0.15) is 0 Å². The molecule has 2 aliphatic carbocycles. The standard InChI is InChI=1S/C14H16/c1-2-8-13(7-1)11-5-6-12-14-9-3-4-10-14/h1-4,7-10H2. The van der Waals surface area contributed by atoms with Gasteiger partial charge in [-0.3, -0.25) is 0 Å². The molecule has 0 aromatic heterocycles. The largest absolute Gasteiger partial charge is 0.0617 e. The van der Waals surface area contributed by atoms with E-state index in [1.54, 1.807) is 0 Å². The van der Waals surface area contributed by atoms with E-state index in [1.165, 1.54) is 62.5 Å². The quantitative estimate of drug-likeness (QED) is 0.498. The van der Waals surface area contributed by atoms with Crippen molar-refractivity contribution in [2.75, 3.05) is 0 Å². The van der Waals surface area contributed by atoms with Gasteiger partial charge in [-0.05, 0) is 74.0 Å². The molecule has 0 saturated heterocycles. The zero-order valence-corrected chi connectivity index (χ0v) is 8.66. The molecule has 0 amide bonds. The number of hydrogen-bond donors (Lipinski definition) is 0. The second kappa shape index (κ2) is 4.92. The number of allylic oxidation sites excluding steroid dienone is 2. The highest BCUT2D eigenvalue weighted by atomic mass is 14.1. The van der Waals surface area contributed by atoms with Gasteiger partial charge >= 0.3 is 0 Å². The molecule has 0 atom stereocenters. The van der Waals surface area contributed by atoms with Crippen molar-refractivity contribution in [3.8, 4) is 0 Å². The second-order valence-electron chi connectivity index (χ2n) is 4.12. The lowest BCUT2D eigenvalue weighted by Gasteiger charge is -1.81. The SMILES string of the molecule is C(=C=C=C1CCCC1)=C=C1CCCC1. The summed E-state index contributed by atoms with van der Waals surface area (Å²) in [6.45, 7) is 0. The number of rotatable bonds is 0. The van der Waals surface area contributed by atoms with Crippen LogP contribution >= 0.6 is 0 Å². The molecule has 0 aromatic carbocycles. The zero-order chi connectivity index (χ0) is 9.64. The predicted octanol–water partition coefficient (Wildman–Crippen LogP) is 4.05. The highest BCUT2D eigenvalue weighted by Gasteiger charge is 2.04. The predicted molar refractivity (Wildman–Crippen MR) is 58.0 cm³/mol. The topological polar surface area (TPSA) is 0 Å². The maximum absolute atomic E-state index is 3.19. The Morgan fingerprint density at radius 1 is 0.571 bits per heavy atom. The first-order chi connectivity index (χ1) is 6.95. The molecular formula is C14H16. The van der Waals surface area contributed by atoms with Crippen molar-refractivity contribution < 1.29 is 0 Å². The summed E-state index contributed by atoms with van der Waals surface area (Å²) in [6.07, 6.45) is 10.2. The van der Waals surface area contributed by atoms with Gasteiger partial charge < -0.3 is 0 Å². The van der Waals surface area contributed by atoms with Gasteiger partial charge in [0.25, 0.3) is 0 Å². The maximum Gasteiger partial charge on any atom is -0.0102 e. The molecule has 2 rings (SSSR count). The van der Waals surface area contributed by atoms with Gasteiger partial charge in [-0.2, -0.15) is 0 Å². The van der Waals surface area contributed by atoms with Crippen molar-refractivity contribution in [2.45, 2.75) is 51.4 Å². The summed E-state index contributed by atoms with van der Waals surface area (Å²) in [5.41, 5.74) is 15.2. The molecule has 0 heterocycles. The molecule has 14 heavy (non-hydrogen) atoms. The van der Waals surface area contributed by atoms with Crippen LogP contribution < -0.4 is 0 Å². The van der Waals surface area contributed by atoms with Crippen LogP contribution in [0.15, 0.2) is 34.1 Å². The minimum atomic E-state index is 1.21. The fourth-order valence-electron chi connectivity index (χ4n) is 2.09. The van der Waals surface area contributed by atoms with Crippen LogP contribution in [-0.2, 0) is 0 Å². The summed E-state index contributed by atoms with van der Waals surface area (Å²) in [4.78, 5) is 0. The van der Waals surface area contributed by atoms with E-state index in [1.807, 2.05) is 0 Å². The fourth-order valence-corrected chi connectivity index (χ4v) is 2.09. The Labute approximate surface area is 86.0 Å². The van der Waals surface area contributed by atoms with Crippen molar-refractivity contribution in [1.82, 2.24) is 0 Å². The minimum absolute atomic E-state index is 1.21. The highest BCUT2D eigenvalue weighted by Crippen LogP contribution is 2.22. The molecule has 0 radical (unpaired) electrons. The van der Waals surface area contributed by atoms with Crippen LogP contribution in [0.2, 0.25) is 0 Å². The molecule has 2 aliphatic rings. The average Bonchev–Trinajstić information content (AvgIpc) is 2.86. The first kappa shape index (κ1) is 9.42. The Morgan fingerprint density at radius 2 is 0.929 bits per heavy atom. The Balaban J connectivity index is 2.18. The Bertz CT molecular complexity index is 318. The third-order valence-corrected chi connectivity index (χ3v) is 2.96. The summed E-state index contributed by atoms with van der Waals surface area (Å²) >= 11 is 0. The Hall–Kier alpha value is -1.14. The maximum atomic E-state index is 3.19. The zero-order valence-electron chi connectivity index (χ0n) is 8.66. The van der Waals surface area contributed by atoms with Crippen LogP contribution in [-0.4, -0.2) is 0 Å². The summed E-state index contributed by atoms with van der Waals surface area (Å²) in [5, 5.41) is 0. The van der Waals surface area contributed by atoms with Gasteiger partial charge in [0.2, 0.25) is 0 Å². The first-order valence-electron chi connectivity index (χ1n) is 5.66. The average molecular weight is 184 g/mol. The van der Waals surface area contributed by atoms with Crippen molar-refractivity contribution in [3.05, 3.63) is 34.1 Å². The lowest BCUT2D eigenvalue weighted by molar-refractivity contribution is 0.886. The smallest absolute Gasteiger partial charge is 0.0102 e. The van der Waals surface area contributed by atoms with Crippen LogP contribution in [0.1, 0.15) is 51.4 Å². The van der Waals surface area contributed by atoms with Gasteiger partial charge in [-0.15, -0.1) is 0 Å². The molecule has 0 spiro atoms. The molecule has 72 valence electrons. The first-order valence-corrected chi connectivity index (χ1v) is 5.66. The third kappa shape index (κ3) is 2.68. The monoisotopic (exact) mass is 184 g/mol. The van der Waals surface area contributed by atoms with E-state index in [-0.39, 0.29) is 0 Å². The van der Waals surface area contributed by atoms with Crippen LogP contribution in [0.3, 0.4) is 0 Å².